The predicted octanol–water partition coefficient (Wildman–Crippen LogP) is 2.70. The van der Waals surface area contributed by atoms with Crippen molar-refractivity contribution >= 4 is 18.3 Å². The molecule has 2 rings (SSSR count). The van der Waals surface area contributed by atoms with Gasteiger partial charge in [-0.1, -0.05) is 24.3 Å². The van der Waals surface area contributed by atoms with Crippen molar-refractivity contribution in [1.29, 1.82) is 0 Å². The summed E-state index contributed by atoms with van der Waals surface area (Å²) in [5.74, 6) is 0.264. The fourth-order valence-electron chi connectivity index (χ4n) is 2.40. The Labute approximate surface area is 159 Å². The first-order chi connectivity index (χ1) is 12.1. The van der Waals surface area contributed by atoms with Gasteiger partial charge in [-0.2, -0.15) is 0 Å². The Kier molecular flexibility index (Phi) is 9.65. The van der Waals surface area contributed by atoms with Crippen LogP contribution in [0.25, 0.3) is 0 Å². The van der Waals surface area contributed by atoms with Crippen molar-refractivity contribution in [3.63, 3.8) is 0 Å². The second-order valence-corrected chi connectivity index (χ2v) is 5.49. The van der Waals surface area contributed by atoms with Crippen LogP contribution in [-0.4, -0.2) is 39.8 Å². The van der Waals surface area contributed by atoms with Crippen LogP contribution in [-0.2, 0) is 9.53 Å². The van der Waals surface area contributed by atoms with Crippen LogP contribution in [0.1, 0.15) is 17.2 Å². The van der Waals surface area contributed by atoms with Crippen LogP contribution < -0.4 is 15.4 Å². The van der Waals surface area contributed by atoms with Gasteiger partial charge in [0.1, 0.15) is 11.6 Å². The quantitative estimate of drug-likeness (QED) is 0.655. The maximum absolute atomic E-state index is 13.2. The molecule has 0 aliphatic rings. The van der Waals surface area contributed by atoms with E-state index in [2.05, 4.69) is 10.6 Å². The topological polar surface area (TPSA) is 59.6 Å². The normalized spacial score (nSPS) is 11.3. The highest BCUT2D eigenvalue weighted by Crippen LogP contribution is 2.24. The van der Waals surface area contributed by atoms with E-state index in [9.17, 15) is 9.18 Å². The molecule has 1 amide bonds. The summed E-state index contributed by atoms with van der Waals surface area (Å²) in [6.45, 7) is 1.30. The standard InChI is InChI=1S/C19H23FN2O3.ClH/c1-24-12-11-21-13-18(23)22-19(14-3-7-16(20)8-4-14)15-5-9-17(25-2)10-6-15;/h3-10,19,21H,11-13H2,1-2H3,(H,22,23);1H. The van der Waals surface area contributed by atoms with E-state index in [1.54, 1.807) is 26.4 Å². The third kappa shape index (κ3) is 6.63. The van der Waals surface area contributed by atoms with Gasteiger partial charge in [0.15, 0.2) is 0 Å². The number of carbonyl (C=O) groups is 1. The Morgan fingerprint density at radius 3 is 2.15 bits per heavy atom. The molecule has 142 valence electrons. The summed E-state index contributed by atoms with van der Waals surface area (Å²) in [6.07, 6.45) is 0. The summed E-state index contributed by atoms with van der Waals surface area (Å²) in [7, 11) is 3.20. The number of carbonyl (C=O) groups excluding carboxylic acids is 1. The van der Waals surface area contributed by atoms with Gasteiger partial charge in [0, 0.05) is 13.7 Å². The molecule has 2 N–H and O–H groups in total. The van der Waals surface area contributed by atoms with E-state index in [1.807, 2.05) is 24.3 Å². The largest absolute Gasteiger partial charge is 0.497 e. The Balaban J connectivity index is 0.00000338. The number of rotatable bonds is 9. The SMILES string of the molecule is COCCNCC(=O)NC(c1ccc(F)cc1)c1ccc(OC)cc1.Cl. The highest BCUT2D eigenvalue weighted by Gasteiger charge is 2.17. The fourth-order valence-corrected chi connectivity index (χ4v) is 2.40. The summed E-state index contributed by atoms with van der Waals surface area (Å²) in [5.41, 5.74) is 1.69. The lowest BCUT2D eigenvalue weighted by atomic mass is 9.98. The molecule has 0 heterocycles. The molecule has 2 aromatic carbocycles. The van der Waals surface area contributed by atoms with E-state index in [0.717, 1.165) is 16.9 Å². The zero-order valence-electron chi connectivity index (χ0n) is 14.8. The number of hydrogen-bond acceptors (Lipinski definition) is 4. The third-order valence-electron chi connectivity index (χ3n) is 3.73. The van der Waals surface area contributed by atoms with Crippen LogP contribution >= 0.6 is 12.4 Å². The van der Waals surface area contributed by atoms with Crippen molar-refractivity contribution in [2.24, 2.45) is 0 Å². The molecule has 0 aliphatic carbocycles. The van der Waals surface area contributed by atoms with Gasteiger partial charge in [0.05, 0.1) is 26.3 Å². The molecule has 2 aromatic rings. The lowest BCUT2D eigenvalue weighted by Gasteiger charge is -2.20. The summed E-state index contributed by atoms with van der Waals surface area (Å²) in [5, 5.41) is 5.98. The van der Waals surface area contributed by atoms with E-state index in [4.69, 9.17) is 9.47 Å². The molecule has 0 aliphatic heterocycles. The first kappa shape index (κ1) is 21.9. The molecular formula is C19H24ClFN2O3. The van der Waals surface area contributed by atoms with Gasteiger partial charge in [0.25, 0.3) is 0 Å². The highest BCUT2D eigenvalue weighted by molar-refractivity contribution is 5.85. The molecular weight excluding hydrogens is 359 g/mol. The molecule has 1 atom stereocenters. The van der Waals surface area contributed by atoms with Gasteiger partial charge >= 0.3 is 0 Å². The van der Waals surface area contributed by atoms with Crippen LogP contribution in [0.15, 0.2) is 48.5 Å². The maximum Gasteiger partial charge on any atom is 0.234 e. The molecule has 0 saturated carbocycles. The summed E-state index contributed by atoms with van der Waals surface area (Å²) in [4.78, 5) is 12.2. The minimum absolute atomic E-state index is 0. The van der Waals surface area contributed by atoms with Crippen molar-refractivity contribution in [1.82, 2.24) is 10.6 Å². The number of amides is 1. The monoisotopic (exact) mass is 382 g/mol. The Morgan fingerprint density at radius 1 is 1.04 bits per heavy atom. The van der Waals surface area contributed by atoms with E-state index in [0.29, 0.717) is 13.2 Å². The first-order valence-electron chi connectivity index (χ1n) is 8.02. The molecule has 0 aromatic heterocycles. The van der Waals surface area contributed by atoms with Crippen LogP contribution in [0.3, 0.4) is 0 Å². The lowest BCUT2D eigenvalue weighted by molar-refractivity contribution is -0.120. The van der Waals surface area contributed by atoms with Gasteiger partial charge in [-0.05, 0) is 35.4 Å². The molecule has 0 fully saturated rings. The van der Waals surface area contributed by atoms with Gasteiger partial charge in [-0.15, -0.1) is 12.4 Å². The van der Waals surface area contributed by atoms with E-state index in [1.165, 1.54) is 12.1 Å². The summed E-state index contributed by atoms with van der Waals surface area (Å²) < 4.78 is 23.3. The number of halogens is 2. The average Bonchev–Trinajstić information content (AvgIpc) is 2.64. The average molecular weight is 383 g/mol. The molecule has 0 bridgehead atoms. The fraction of sp³-hybridized carbons (Fsp3) is 0.316. The Morgan fingerprint density at radius 2 is 1.62 bits per heavy atom. The van der Waals surface area contributed by atoms with Crippen molar-refractivity contribution < 1.29 is 18.7 Å². The first-order valence-corrected chi connectivity index (χ1v) is 8.02. The second kappa shape index (κ2) is 11.5. The van der Waals surface area contributed by atoms with Gasteiger partial charge in [-0.25, -0.2) is 4.39 Å². The lowest BCUT2D eigenvalue weighted by Crippen LogP contribution is -2.37. The maximum atomic E-state index is 13.2. The molecule has 0 spiro atoms. The van der Waals surface area contributed by atoms with Crippen molar-refractivity contribution in [2.75, 3.05) is 33.9 Å². The van der Waals surface area contributed by atoms with Gasteiger partial charge in [-0.3, -0.25) is 4.79 Å². The second-order valence-electron chi connectivity index (χ2n) is 5.49. The number of nitrogens with one attached hydrogen (secondary N) is 2. The minimum Gasteiger partial charge on any atom is -0.497 e. The number of benzene rings is 2. The highest BCUT2D eigenvalue weighted by atomic mass is 35.5. The smallest absolute Gasteiger partial charge is 0.234 e. The van der Waals surface area contributed by atoms with Crippen molar-refractivity contribution in [2.45, 2.75) is 6.04 Å². The third-order valence-corrected chi connectivity index (χ3v) is 3.73. The van der Waals surface area contributed by atoms with Crippen molar-refractivity contribution in [3.05, 3.63) is 65.5 Å². The molecule has 7 heteroatoms. The van der Waals surface area contributed by atoms with Crippen LogP contribution in [0.2, 0.25) is 0 Å². The number of methoxy groups -OCH3 is 2. The Hall–Kier alpha value is -2.15. The van der Waals surface area contributed by atoms with Crippen molar-refractivity contribution in [3.8, 4) is 5.75 Å². The van der Waals surface area contributed by atoms with Gasteiger partial charge < -0.3 is 20.1 Å². The summed E-state index contributed by atoms with van der Waals surface area (Å²) >= 11 is 0. The van der Waals surface area contributed by atoms with E-state index in [-0.39, 0.29) is 36.7 Å². The molecule has 0 saturated heterocycles. The van der Waals surface area contributed by atoms with Crippen LogP contribution in [0, 0.1) is 5.82 Å². The van der Waals surface area contributed by atoms with E-state index < -0.39 is 0 Å². The molecule has 26 heavy (non-hydrogen) atoms. The molecule has 0 radical (unpaired) electrons. The van der Waals surface area contributed by atoms with Gasteiger partial charge in [0.2, 0.25) is 5.91 Å². The predicted molar refractivity (Wildman–Crippen MR) is 101 cm³/mol. The minimum atomic E-state index is -0.372. The number of hydrogen-bond donors (Lipinski definition) is 2. The zero-order chi connectivity index (χ0) is 18.1. The molecule has 1 unspecified atom stereocenters. The van der Waals surface area contributed by atoms with Crippen LogP contribution in [0.4, 0.5) is 4.39 Å². The summed E-state index contributed by atoms with van der Waals surface area (Å²) in [6, 6.07) is 13.2. The van der Waals surface area contributed by atoms with E-state index >= 15 is 0 Å². The number of ether oxygens (including phenoxy) is 2. The Bertz CT molecular complexity index is 665. The molecule has 5 nitrogen and oxygen atoms in total. The van der Waals surface area contributed by atoms with Crippen LogP contribution in [0.5, 0.6) is 5.75 Å². The zero-order valence-corrected chi connectivity index (χ0v) is 15.6.